The lowest BCUT2D eigenvalue weighted by Gasteiger charge is -2.25. The number of hydrogen-bond acceptors (Lipinski definition) is 3. The van der Waals surface area contributed by atoms with Crippen molar-refractivity contribution in [2.45, 2.75) is 77.7 Å². The van der Waals surface area contributed by atoms with Gasteiger partial charge >= 0.3 is 5.97 Å². The van der Waals surface area contributed by atoms with E-state index in [0.29, 0.717) is 6.42 Å². The van der Waals surface area contributed by atoms with Gasteiger partial charge in [-0.15, -0.1) is 19.1 Å². The molecule has 1 aromatic carbocycles. The number of carboxylic acids is 1. The number of carboxylic acid groups (broad SMARTS) is 1. The minimum absolute atomic E-state index is 0.0210. The van der Waals surface area contributed by atoms with E-state index in [1.807, 2.05) is 57.2 Å². The molecule has 1 amide bonds. The van der Waals surface area contributed by atoms with Crippen LogP contribution in [0, 0.1) is 12.3 Å². The van der Waals surface area contributed by atoms with E-state index >= 15 is 0 Å². The number of nitrogens with zero attached hydrogens (tertiary/aromatic N) is 1. The monoisotopic (exact) mass is 419 g/mol. The molecule has 1 aromatic rings. The third kappa shape index (κ3) is 14.5. The van der Waals surface area contributed by atoms with Crippen molar-refractivity contribution >= 4 is 30.6 Å². The predicted octanol–water partition coefficient (Wildman–Crippen LogP) is 5.93. The van der Waals surface area contributed by atoms with E-state index in [4.69, 9.17) is 11.5 Å². The number of thiol groups is 1. The van der Waals surface area contributed by atoms with Crippen LogP contribution in [0.25, 0.3) is 6.08 Å². The van der Waals surface area contributed by atoms with E-state index in [9.17, 15) is 9.59 Å². The summed E-state index contributed by atoms with van der Waals surface area (Å²) in [5.74, 6) is 1.44. The van der Waals surface area contributed by atoms with Crippen LogP contribution in [0.4, 0.5) is 0 Å². The molecule has 1 rings (SSSR count). The smallest absolute Gasteiger partial charge is 0.303 e. The van der Waals surface area contributed by atoms with Crippen molar-refractivity contribution in [3.63, 3.8) is 0 Å². The van der Waals surface area contributed by atoms with Crippen LogP contribution >= 0.6 is 12.6 Å². The Morgan fingerprint density at radius 2 is 1.79 bits per heavy atom. The number of terminal acetylenes is 1. The van der Waals surface area contributed by atoms with Crippen molar-refractivity contribution in [1.82, 2.24) is 4.90 Å². The van der Waals surface area contributed by atoms with E-state index in [-0.39, 0.29) is 31.3 Å². The highest BCUT2D eigenvalue weighted by Gasteiger charge is 2.17. The summed E-state index contributed by atoms with van der Waals surface area (Å²) in [7, 11) is 0. The molecular formula is C24H37NO3S. The first-order valence-corrected chi connectivity index (χ1v) is 10.7. The maximum atomic E-state index is 12.2. The Labute approximate surface area is 182 Å². The van der Waals surface area contributed by atoms with Gasteiger partial charge < -0.3 is 10.0 Å². The first-order chi connectivity index (χ1) is 13.9. The van der Waals surface area contributed by atoms with Crippen LogP contribution in [0.15, 0.2) is 35.2 Å². The maximum absolute atomic E-state index is 12.2. The van der Waals surface area contributed by atoms with Gasteiger partial charge in [0.05, 0.1) is 6.54 Å². The topological polar surface area (TPSA) is 57.6 Å². The van der Waals surface area contributed by atoms with Crippen LogP contribution in [0.2, 0.25) is 0 Å². The second-order valence-corrected chi connectivity index (χ2v) is 6.61. The molecule has 162 valence electrons. The fourth-order valence-corrected chi connectivity index (χ4v) is 2.30. The number of rotatable bonds is 9. The first-order valence-electron chi connectivity index (χ1n) is 10.3. The molecule has 0 saturated heterocycles. The van der Waals surface area contributed by atoms with E-state index in [1.165, 1.54) is 12.8 Å². The Bertz CT molecular complexity index is 648. The van der Waals surface area contributed by atoms with Crippen LogP contribution in [0.3, 0.4) is 0 Å². The summed E-state index contributed by atoms with van der Waals surface area (Å²) in [5, 5.41) is 8.64. The van der Waals surface area contributed by atoms with E-state index < -0.39 is 5.97 Å². The summed E-state index contributed by atoms with van der Waals surface area (Å²) in [6.07, 6.45) is 12.2. The number of unbranched alkanes of at least 4 members (excludes halogenated alkanes) is 1. The number of aliphatic carboxylic acids is 1. The summed E-state index contributed by atoms with van der Waals surface area (Å²) < 4.78 is 0. The zero-order valence-electron chi connectivity index (χ0n) is 18.5. The highest BCUT2D eigenvalue weighted by molar-refractivity contribution is 7.80. The highest BCUT2D eigenvalue weighted by atomic mass is 32.1. The van der Waals surface area contributed by atoms with Crippen LogP contribution < -0.4 is 0 Å². The molecule has 0 spiro atoms. The predicted molar refractivity (Wildman–Crippen MR) is 126 cm³/mol. The fourth-order valence-electron chi connectivity index (χ4n) is 2.07. The average Bonchev–Trinajstić information content (AvgIpc) is 2.72. The standard InChI is InChI=1S/C18H21NO3S.C4H10.C2H6/c1-3-13-19(17(20)9-6-10-18(21)22)14(2)11-12-15-7-4-5-8-16(15)23;1-3-4-2;1-2/h1,4-5,7-8,11-12,14,23H,6,9-10,13H2,2H3,(H,21,22);3-4H2,1-2H3;1-2H3/b12-11+;;. The molecule has 29 heavy (non-hydrogen) atoms. The van der Waals surface area contributed by atoms with E-state index in [2.05, 4.69) is 32.4 Å². The molecule has 0 bridgehead atoms. The second kappa shape index (κ2) is 19.1. The van der Waals surface area contributed by atoms with Gasteiger partial charge in [-0.05, 0) is 25.0 Å². The lowest BCUT2D eigenvalue weighted by atomic mass is 10.1. The van der Waals surface area contributed by atoms with Gasteiger partial charge in [0.25, 0.3) is 0 Å². The molecule has 1 unspecified atom stereocenters. The summed E-state index contributed by atoms with van der Waals surface area (Å²) in [5.41, 5.74) is 0.960. The number of hydrogen-bond donors (Lipinski definition) is 2. The molecule has 0 aromatic heterocycles. The van der Waals surface area contributed by atoms with E-state index in [0.717, 1.165) is 10.5 Å². The molecular weight excluding hydrogens is 382 g/mol. The lowest BCUT2D eigenvalue weighted by Crippen LogP contribution is -2.37. The molecule has 0 saturated carbocycles. The normalized spacial score (nSPS) is 10.7. The fraction of sp³-hybridized carbons (Fsp3) is 0.500. The van der Waals surface area contributed by atoms with Crippen LogP contribution in [-0.2, 0) is 9.59 Å². The zero-order chi connectivity index (χ0) is 22.7. The Balaban J connectivity index is 0. The van der Waals surface area contributed by atoms with Crippen molar-refractivity contribution in [2.24, 2.45) is 0 Å². The Morgan fingerprint density at radius 1 is 1.21 bits per heavy atom. The second-order valence-electron chi connectivity index (χ2n) is 6.13. The highest BCUT2D eigenvalue weighted by Crippen LogP contribution is 2.16. The van der Waals surface area contributed by atoms with Crippen molar-refractivity contribution < 1.29 is 14.7 Å². The number of benzene rings is 1. The maximum Gasteiger partial charge on any atom is 0.303 e. The van der Waals surface area contributed by atoms with Gasteiger partial charge in [-0.3, -0.25) is 9.59 Å². The molecule has 0 radical (unpaired) electrons. The van der Waals surface area contributed by atoms with Crippen molar-refractivity contribution in [1.29, 1.82) is 0 Å². The minimum atomic E-state index is -0.903. The van der Waals surface area contributed by atoms with Crippen LogP contribution in [-0.4, -0.2) is 34.5 Å². The molecule has 1 atom stereocenters. The van der Waals surface area contributed by atoms with Gasteiger partial charge in [0.1, 0.15) is 0 Å². The molecule has 0 fully saturated rings. The number of carbonyl (C=O) groups is 2. The summed E-state index contributed by atoms with van der Waals surface area (Å²) in [6, 6.07) is 7.46. The van der Waals surface area contributed by atoms with Crippen LogP contribution in [0.5, 0.6) is 0 Å². The van der Waals surface area contributed by atoms with Gasteiger partial charge in [-0.2, -0.15) is 0 Å². The Morgan fingerprint density at radius 3 is 2.28 bits per heavy atom. The Hall–Kier alpha value is -2.19. The summed E-state index contributed by atoms with van der Waals surface area (Å²) in [6.45, 7) is 10.4. The third-order valence-electron chi connectivity index (χ3n) is 3.85. The number of carbonyl (C=O) groups excluding carboxylic acids is 1. The minimum Gasteiger partial charge on any atom is -0.481 e. The van der Waals surface area contributed by atoms with Gasteiger partial charge in [0.15, 0.2) is 0 Å². The molecule has 5 heteroatoms. The van der Waals surface area contributed by atoms with Crippen molar-refractivity contribution in [3.05, 3.63) is 35.9 Å². The average molecular weight is 420 g/mol. The Kier molecular flexibility index (Phi) is 19.2. The number of amides is 1. The van der Waals surface area contributed by atoms with Gasteiger partial charge in [-0.1, -0.05) is 76.8 Å². The van der Waals surface area contributed by atoms with Gasteiger partial charge in [-0.25, -0.2) is 0 Å². The molecule has 0 aliphatic carbocycles. The van der Waals surface area contributed by atoms with Gasteiger partial charge in [0, 0.05) is 23.8 Å². The quantitative estimate of drug-likeness (QED) is 0.385. The third-order valence-corrected chi connectivity index (χ3v) is 4.25. The molecule has 1 N–H and O–H groups in total. The molecule has 0 heterocycles. The molecule has 0 aliphatic rings. The molecule has 0 aliphatic heterocycles. The largest absolute Gasteiger partial charge is 0.481 e. The SMILES string of the molecule is C#CCN(C(=O)CCCC(=O)O)C(C)/C=C/c1ccccc1S.CC.CCCC. The summed E-state index contributed by atoms with van der Waals surface area (Å²) in [4.78, 5) is 25.2. The van der Waals surface area contributed by atoms with Gasteiger partial charge in [0.2, 0.25) is 5.91 Å². The first kappa shape index (κ1) is 29.0. The summed E-state index contributed by atoms with van der Waals surface area (Å²) >= 11 is 4.38. The van der Waals surface area contributed by atoms with Crippen molar-refractivity contribution in [3.8, 4) is 12.3 Å². The van der Waals surface area contributed by atoms with Crippen molar-refractivity contribution in [2.75, 3.05) is 6.54 Å². The van der Waals surface area contributed by atoms with Crippen LogP contribution in [0.1, 0.15) is 72.3 Å². The molecule has 4 nitrogen and oxygen atoms in total. The van der Waals surface area contributed by atoms with E-state index in [1.54, 1.807) is 4.90 Å². The lowest BCUT2D eigenvalue weighted by molar-refractivity contribution is -0.137. The zero-order valence-corrected chi connectivity index (χ0v) is 19.4.